The van der Waals surface area contributed by atoms with Gasteiger partial charge in [-0.15, -0.1) is 0 Å². The van der Waals surface area contributed by atoms with Crippen LogP contribution in [0.25, 0.3) is 26.4 Å². The molecule has 0 bridgehead atoms. The number of aryl methyl sites for hydroxylation is 2. The molecule has 3 heterocycles. The fraction of sp³-hybridized carbons (Fsp3) is 0.476. The van der Waals surface area contributed by atoms with Crippen LogP contribution < -0.4 is 5.32 Å². The normalized spacial score (nSPS) is 20.0. The summed E-state index contributed by atoms with van der Waals surface area (Å²) in [4.78, 5) is 5.92. The molecule has 2 atom stereocenters. The van der Waals surface area contributed by atoms with Crippen LogP contribution in [0.4, 0.5) is 0 Å². The van der Waals surface area contributed by atoms with Crippen LogP contribution in [-0.4, -0.2) is 37.5 Å². The van der Waals surface area contributed by atoms with Crippen LogP contribution in [0, 0.1) is 12.8 Å². The third-order valence-corrected chi connectivity index (χ3v) is 6.84. The van der Waals surface area contributed by atoms with E-state index in [9.17, 15) is 0 Å². The lowest BCUT2D eigenvalue weighted by atomic mass is 10.0. The number of aromatic nitrogens is 5. The summed E-state index contributed by atoms with van der Waals surface area (Å²) in [6.07, 6.45) is 7.98. The minimum Gasteiger partial charge on any atom is -0.317 e. The van der Waals surface area contributed by atoms with E-state index in [1.54, 1.807) is 11.3 Å². The summed E-state index contributed by atoms with van der Waals surface area (Å²) >= 11 is 1.67. The van der Waals surface area contributed by atoms with E-state index in [-0.39, 0.29) is 0 Å². The van der Waals surface area contributed by atoms with Gasteiger partial charge in [0.1, 0.15) is 5.01 Å². The lowest BCUT2D eigenvalue weighted by molar-refractivity contribution is 0.491. The summed E-state index contributed by atoms with van der Waals surface area (Å²) in [5, 5.41) is 15.0. The zero-order chi connectivity index (χ0) is 19.3. The van der Waals surface area contributed by atoms with Crippen molar-refractivity contribution in [3.8, 4) is 10.6 Å². The molecule has 1 fully saturated rings. The molecule has 1 N–H and O–H groups in total. The van der Waals surface area contributed by atoms with Crippen LogP contribution in [0.5, 0.6) is 0 Å². The Morgan fingerprint density at radius 1 is 1.21 bits per heavy atom. The molecular formula is C21H26N6S. The van der Waals surface area contributed by atoms with Gasteiger partial charge in [-0.3, -0.25) is 4.68 Å². The van der Waals surface area contributed by atoms with Gasteiger partial charge in [0.25, 0.3) is 0 Å². The summed E-state index contributed by atoms with van der Waals surface area (Å²) in [5.74, 6) is 1.36. The van der Waals surface area contributed by atoms with Crippen molar-refractivity contribution in [1.29, 1.82) is 0 Å². The van der Waals surface area contributed by atoms with Gasteiger partial charge in [-0.05, 0) is 62.9 Å². The lowest BCUT2D eigenvalue weighted by Gasteiger charge is -2.09. The van der Waals surface area contributed by atoms with Crippen LogP contribution >= 0.6 is 11.3 Å². The average Bonchev–Trinajstić information content (AvgIpc) is 3.41. The van der Waals surface area contributed by atoms with E-state index < -0.39 is 0 Å². The first-order chi connectivity index (χ1) is 13.6. The molecule has 1 aliphatic rings. The fourth-order valence-corrected chi connectivity index (χ4v) is 5.34. The topological polar surface area (TPSA) is 60.0 Å². The van der Waals surface area contributed by atoms with E-state index in [1.165, 1.54) is 30.5 Å². The Labute approximate surface area is 168 Å². The van der Waals surface area contributed by atoms with Gasteiger partial charge in [-0.25, -0.2) is 9.50 Å². The Balaban J connectivity index is 1.41. The van der Waals surface area contributed by atoms with E-state index in [0.29, 0.717) is 5.92 Å². The Bertz CT molecular complexity index is 1110. The molecule has 0 radical (unpaired) electrons. The fourth-order valence-electron chi connectivity index (χ4n) is 4.46. The summed E-state index contributed by atoms with van der Waals surface area (Å²) in [6, 6.07) is 4.35. The zero-order valence-corrected chi connectivity index (χ0v) is 17.5. The average molecular weight is 395 g/mol. The van der Waals surface area contributed by atoms with Gasteiger partial charge >= 0.3 is 0 Å². The highest BCUT2D eigenvalue weighted by Gasteiger charge is 2.28. The number of nitrogens with zero attached hydrogens (tertiary/aromatic N) is 5. The van der Waals surface area contributed by atoms with E-state index in [0.717, 1.165) is 45.4 Å². The predicted molar refractivity (Wildman–Crippen MR) is 114 cm³/mol. The lowest BCUT2D eigenvalue weighted by Crippen LogP contribution is -2.20. The van der Waals surface area contributed by atoms with Crippen molar-refractivity contribution >= 4 is 27.2 Å². The van der Waals surface area contributed by atoms with Gasteiger partial charge in [0.2, 0.25) is 4.96 Å². The maximum Gasteiger partial charge on any atom is 0.212 e. The second-order valence-electron chi connectivity index (χ2n) is 8.02. The van der Waals surface area contributed by atoms with Gasteiger partial charge in [-0.1, -0.05) is 18.3 Å². The summed E-state index contributed by atoms with van der Waals surface area (Å²) < 4.78 is 3.84. The third kappa shape index (κ3) is 3.12. The van der Waals surface area contributed by atoms with Crippen LogP contribution in [0.1, 0.15) is 43.4 Å². The second-order valence-corrected chi connectivity index (χ2v) is 8.97. The molecule has 1 saturated carbocycles. The van der Waals surface area contributed by atoms with Gasteiger partial charge in [0.05, 0.1) is 17.4 Å². The summed E-state index contributed by atoms with van der Waals surface area (Å²) in [5.41, 5.74) is 4.59. The largest absolute Gasteiger partial charge is 0.317 e. The third-order valence-electron chi connectivity index (χ3n) is 5.86. The van der Waals surface area contributed by atoms with Gasteiger partial charge in [0.15, 0.2) is 0 Å². The number of hydrogen-bond donors (Lipinski definition) is 1. The second kappa shape index (κ2) is 6.97. The molecule has 28 heavy (non-hydrogen) atoms. The Kier molecular flexibility index (Phi) is 4.44. The highest BCUT2D eigenvalue weighted by molar-refractivity contribution is 7.19. The highest BCUT2D eigenvalue weighted by atomic mass is 32.1. The number of hydrogen-bond acceptors (Lipinski definition) is 5. The number of nitrogens with one attached hydrogen (secondary N) is 1. The predicted octanol–water partition coefficient (Wildman–Crippen LogP) is 4.15. The summed E-state index contributed by atoms with van der Waals surface area (Å²) in [7, 11) is 1.96. The molecule has 7 heteroatoms. The quantitative estimate of drug-likeness (QED) is 0.552. The van der Waals surface area contributed by atoms with Crippen LogP contribution in [0.2, 0.25) is 0 Å². The molecule has 5 rings (SSSR count). The molecule has 0 amide bonds. The molecule has 3 aromatic heterocycles. The van der Waals surface area contributed by atoms with Crippen LogP contribution in [0.15, 0.2) is 24.5 Å². The Morgan fingerprint density at radius 3 is 2.93 bits per heavy atom. The van der Waals surface area contributed by atoms with Crippen molar-refractivity contribution in [2.24, 2.45) is 13.0 Å². The number of imidazole rings is 1. The minimum absolute atomic E-state index is 0.579. The van der Waals surface area contributed by atoms with E-state index >= 15 is 0 Å². The molecule has 0 saturated heterocycles. The molecule has 1 aromatic carbocycles. The minimum atomic E-state index is 0.579. The molecule has 146 valence electrons. The Hall–Kier alpha value is -2.25. The first kappa shape index (κ1) is 17.8. The maximum atomic E-state index is 4.93. The molecular weight excluding hydrogens is 368 g/mol. The SMILES string of the molecule is CCNCC1CCC(c2cn3nc(-c4cc(C)c5nn(C)cc5c4)sc3n2)C1. The molecule has 6 nitrogen and oxygen atoms in total. The van der Waals surface area contributed by atoms with Crippen molar-refractivity contribution in [2.75, 3.05) is 13.1 Å². The zero-order valence-electron chi connectivity index (χ0n) is 16.6. The first-order valence-corrected chi connectivity index (χ1v) is 10.9. The molecule has 1 aliphatic carbocycles. The summed E-state index contributed by atoms with van der Waals surface area (Å²) in [6.45, 7) is 6.47. The van der Waals surface area contributed by atoms with Gasteiger partial charge < -0.3 is 5.32 Å². The Morgan fingerprint density at radius 2 is 2.11 bits per heavy atom. The van der Waals surface area contributed by atoms with Crippen molar-refractivity contribution in [2.45, 2.75) is 39.0 Å². The van der Waals surface area contributed by atoms with E-state index in [1.807, 2.05) is 16.2 Å². The molecule has 0 aliphatic heterocycles. The van der Waals surface area contributed by atoms with E-state index in [2.05, 4.69) is 48.8 Å². The first-order valence-electron chi connectivity index (χ1n) is 10.1. The highest BCUT2D eigenvalue weighted by Crippen LogP contribution is 2.38. The molecule has 0 spiro atoms. The number of fused-ring (bicyclic) bond motifs is 2. The monoisotopic (exact) mass is 394 g/mol. The van der Waals surface area contributed by atoms with Crippen molar-refractivity contribution < 1.29 is 0 Å². The van der Waals surface area contributed by atoms with Crippen molar-refractivity contribution in [1.82, 2.24) is 29.7 Å². The van der Waals surface area contributed by atoms with Gasteiger partial charge in [-0.2, -0.15) is 10.2 Å². The van der Waals surface area contributed by atoms with Crippen LogP contribution in [-0.2, 0) is 7.05 Å². The standard InChI is InChI=1S/C21H26N6S/c1-4-22-10-14-5-6-15(8-14)18-12-27-21(23-18)28-20(25-27)16-7-13(2)19-17(9-16)11-26(3)24-19/h7,9,11-12,14-15,22H,4-6,8,10H2,1-3H3. The van der Waals surface area contributed by atoms with Crippen LogP contribution in [0.3, 0.4) is 0 Å². The van der Waals surface area contributed by atoms with Crippen molar-refractivity contribution in [3.63, 3.8) is 0 Å². The molecule has 4 aromatic rings. The van der Waals surface area contributed by atoms with E-state index in [4.69, 9.17) is 10.1 Å². The number of rotatable bonds is 5. The molecule has 2 unspecified atom stereocenters. The van der Waals surface area contributed by atoms with Gasteiger partial charge in [0, 0.05) is 30.1 Å². The maximum absolute atomic E-state index is 4.93. The number of benzene rings is 1. The van der Waals surface area contributed by atoms with Crippen molar-refractivity contribution in [3.05, 3.63) is 35.8 Å². The smallest absolute Gasteiger partial charge is 0.212 e.